The van der Waals surface area contributed by atoms with Crippen LogP contribution < -0.4 is 4.74 Å². The molecule has 0 saturated heterocycles. The van der Waals surface area contributed by atoms with Crippen LogP contribution in [0.1, 0.15) is 24.3 Å². The second-order valence-electron chi connectivity index (χ2n) is 4.48. The molecule has 0 unspecified atom stereocenters. The summed E-state index contributed by atoms with van der Waals surface area (Å²) in [6.45, 7) is 0. The average molecular weight is 225 g/mol. The highest BCUT2D eigenvalue weighted by Gasteiger charge is 2.23. The third kappa shape index (κ3) is 2.16. The molecule has 1 aromatic heterocycles. The maximum atomic E-state index is 5.14. The minimum absolute atomic E-state index is 0.771. The Kier molecular flexibility index (Phi) is 2.56. The fourth-order valence-electron chi connectivity index (χ4n) is 2.00. The molecule has 17 heavy (non-hydrogen) atoms. The first kappa shape index (κ1) is 10.3. The van der Waals surface area contributed by atoms with E-state index in [2.05, 4.69) is 17.1 Å². The zero-order valence-corrected chi connectivity index (χ0v) is 9.89. The van der Waals surface area contributed by atoms with E-state index in [1.54, 1.807) is 7.11 Å². The molecular weight excluding hydrogens is 210 g/mol. The van der Waals surface area contributed by atoms with E-state index in [0.717, 1.165) is 22.9 Å². The van der Waals surface area contributed by atoms with Crippen molar-refractivity contribution < 1.29 is 4.74 Å². The van der Waals surface area contributed by atoms with Gasteiger partial charge in [-0.2, -0.15) is 0 Å². The second kappa shape index (κ2) is 4.21. The van der Waals surface area contributed by atoms with Gasteiger partial charge in [0.25, 0.3) is 0 Å². The van der Waals surface area contributed by atoms with Gasteiger partial charge in [0.2, 0.25) is 0 Å². The van der Waals surface area contributed by atoms with E-state index in [1.165, 1.54) is 18.4 Å². The number of hydrogen-bond donors (Lipinski definition) is 0. The molecule has 0 atom stereocenters. The topological polar surface area (TPSA) is 22.1 Å². The van der Waals surface area contributed by atoms with Crippen molar-refractivity contribution in [2.45, 2.75) is 18.8 Å². The Hall–Kier alpha value is -1.83. The Bertz CT molecular complexity index is 497. The second-order valence-corrected chi connectivity index (χ2v) is 4.48. The van der Waals surface area contributed by atoms with Crippen molar-refractivity contribution in [2.24, 2.45) is 0 Å². The number of rotatable bonds is 3. The van der Waals surface area contributed by atoms with E-state index in [0.29, 0.717) is 0 Å². The predicted molar refractivity (Wildman–Crippen MR) is 68.2 cm³/mol. The highest BCUT2D eigenvalue weighted by Crippen LogP contribution is 2.39. The van der Waals surface area contributed by atoms with E-state index in [4.69, 9.17) is 4.74 Å². The molecule has 1 aliphatic carbocycles. The summed E-state index contributed by atoms with van der Waals surface area (Å²) in [5.41, 5.74) is 3.53. The molecule has 86 valence electrons. The van der Waals surface area contributed by atoms with Gasteiger partial charge in [-0.15, -0.1) is 0 Å². The van der Waals surface area contributed by atoms with Crippen LogP contribution in [0.15, 0.2) is 42.6 Å². The van der Waals surface area contributed by atoms with Crippen molar-refractivity contribution in [1.29, 1.82) is 0 Å². The van der Waals surface area contributed by atoms with Crippen LogP contribution in [0.3, 0.4) is 0 Å². The standard InChI is InChI=1S/C15H15NO/c1-17-14-7-4-12(5-8-14)15-9-6-13(10-16-15)11-2-3-11/h4-11H,2-3H2,1H3. The summed E-state index contributed by atoms with van der Waals surface area (Å²) in [7, 11) is 1.68. The first-order chi connectivity index (χ1) is 8.36. The molecule has 1 heterocycles. The number of aromatic nitrogens is 1. The van der Waals surface area contributed by atoms with Gasteiger partial charge < -0.3 is 4.74 Å². The Morgan fingerprint density at radius 3 is 2.35 bits per heavy atom. The molecule has 1 saturated carbocycles. The predicted octanol–water partition coefficient (Wildman–Crippen LogP) is 3.63. The van der Waals surface area contributed by atoms with Crippen molar-refractivity contribution >= 4 is 0 Å². The van der Waals surface area contributed by atoms with Crippen LogP contribution in [0.25, 0.3) is 11.3 Å². The maximum Gasteiger partial charge on any atom is 0.118 e. The zero-order valence-electron chi connectivity index (χ0n) is 9.89. The quantitative estimate of drug-likeness (QED) is 0.795. The Morgan fingerprint density at radius 1 is 1.06 bits per heavy atom. The fraction of sp³-hybridized carbons (Fsp3) is 0.267. The molecule has 1 aliphatic rings. The molecule has 3 rings (SSSR count). The van der Waals surface area contributed by atoms with Crippen molar-refractivity contribution in [1.82, 2.24) is 4.98 Å². The summed E-state index contributed by atoms with van der Waals surface area (Å²) in [5.74, 6) is 1.65. The highest BCUT2D eigenvalue weighted by atomic mass is 16.5. The Balaban J connectivity index is 1.86. The molecule has 0 aliphatic heterocycles. The van der Waals surface area contributed by atoms with Gasteiger partial charge in [-0.3, -0.25) is 4.98 Å². The number of benzene rings is 1. The average Bonchev–Trinajstić information content (AvgIpc) is 3.24. The van der Waals surface area contributed by atoms with E-state index in [9.17, 15) is 0 Å². The third-order valence-electron chi connectivity index (χ3n) is 3.22. The monoisotopic (exact) mass is 225 g/mol. The van der Waals surface area contributed by atoms with Gasteiger partial charge in [0, 0.05) is 11.8 Å². The molecule has 2 aromatic rings. The molecular formula is C15H15NO. The summed E-state index contributed by atoms with van der Waals surface area (Å²) < 4.78 is 5.14. The summed E-state index contributed by atoms with van der Waals surface area (Å²) in [6.07, 6.45) is 4.66. The molecule has 1 aromatic carbocycles. The van der Waals surface area contributed by atoms with Crippen LogP contribution in [0, 0.1) is 0 Å². The lowest BCUT2D eigenvalue weighted by Gasteiger charge is -2.04. The van der Waals surface area contributed by atoms with Crippen molar-refractivity contribution in [3.63, 3.8) is 0 Å². The normalized spacial score (nSPS) is 14.6. The van der Waals surface area contributed by atoms with Gasteiger partial charge in [0.1, 0.15) is 5.75 Å². The van der Waals surface area contributed by atoms with Crippen molar-refractivity contribution in [3.05, 3.63) is 48.2 Å². The smallest absolute Gasteiger partial charge is 0.118 e. The molecule has 2 nitrogen and oxygen atoms in total. The Labute approximate surface area is 101 Å². The molecule has 2 heteroatoms. The number of nitrogens with zero attached hydrogens (tertiary/aromatic N) is 1. The molecule has 1 fully saturated rings. The highest BCUT2D eigenvalue weighted by molar-refractivity contribution is 5.60. The van der Waals surface area contributed by atoms with E-state index >= 15 is 0 Å². The minimum atomic E-state index is 0.771. The van der Waals surface area contributed by atoms with Gasteiger partial charge in [-0.05, 0) is 54.7 Å². The van der Waals surface area contributed by atoms with Gasteiger partial charge in [-0.1, -0.05) is 6.07 Å². The van der Waals surface area contributed by atoms with Gasteiger partial charge >= 0.3 is 0 Å². The molecule has 0 amide bonds. The number of pyridine rings is 1. The van der Waals surface area contributed by atoms with Crippen LogP contribution in [0.4, 0.5) is 0 Å². The maximum absolute atomic E-state index is 5.14. The fourth-order valence-corrected chi connectivity index (χ4v) is 2.00. The third-order valence-corrected chi connectivity index (χ3v) is 3.22. The lowest BCUT2D eigenvalue weighted by atomic mass is 10.1. The van der Waals surface area contributed by atoms with E-state index in [1.807, 2.05) is 30.5 Å². The first-order valence-electron chi connectivity index (χ1n) is 5.97. The Morgan fingerprint density at radius 2 is 1.82 bits per heavy atom. The molecule has 0 radical (unpaired) electrons. The van der Waals surface area contributed by atoms with Crippen LogP contribution in [-0.4, -0.2) is 12.1 Å². The van der Waals surface area contributed by atoms with E-state index in [-0.39, 0.29) is 0 Å². The lowest BCUT2D eigenvalue weighted by Crippen LogP contribution is -1.87. The first-order valence-corrected chi connectivity index (χ1v) is 5.97. The van der Waals surface area contributed by atoms with Crippen LogP contribution in [0.2, 0.25) is 0 Å². The zero-order chi connectivity index (χ0) is 11.7. The lowest BCUT2D eigenvalue weighted by molar-refractivity contribution is 0.415. The largest absolute Gasteiger partial charge is 0.497 e. The SMILES string of the molecule is COc1ccc(-c2ccc(C3CC3)cn2)cc1. The van der Waals surface area contributed by atoms with Crippen molar-refractivity contribution in [2.75, 3.05) is 7.11 Å². The summed E-state index contributed by atoms with van der Waals surface area (Å²) in [6, 6.07) is 12.3. The van der Waals surface area contributed by atoms with Crippen LogP contribution in [0.5, 0.6) is 5.75 Å². The summed E-state index contributed by atoms with van der Waals surface area (Å²) >= 11 is 0. The van der Waals surface area contributed by atoms with E-state index < -0.39 is 0 Å². The van der Waals surface area contributed by atoms with Crippen molar-refractivity contribution in [3.8, 4) is 17.0 Å². The number of hydrogen-bond acceptors (Lipinski definition) is 2. The van der Waals surface area contributed by atoms with Gasteiger partial charge in [0.15, 0.2) is 0 Å². The van der Waals surface area contributed by atoms with Gasteiger partial charge in [-0.25, -0.2) is 0 Å². The molecule has 0 N–H and O–H groups in total. The molecule has 0 spiro atoms. The van der Waals surface area contributed by atoms with Gasteiger partial charge in [0.05, 0.1) is 12.8 Å². The molecule has 0 bridgehead atoms. The number of ether oxygens (including phenoxy) is 1. The minimum Gasteiger partial charge on any atom is -0.497 e. The number of methoxy groups -OCH3 is 1. The summed E-state index contributed by atoms with van der Waals surface area (Å²) in [4.78, 5) is 4.52. The summed E-state index contributed by atoms with van der Waals surface area (Å²) in [5, 5.41) is 0. The van der Waals surface area contributed by atoms with Crippen LogP contribution >= 0.6 is 0 Å². The van der Waals surface area contributed by atoms with Crippen LogP contribution in [-0.2, 0) is 0 Å².